The van der Waals surface area contributed by atoms with Gasteiger partial charge in [0, 0.05) is 30.8 Å². The van der Waals surface area contributed by atoms with Gasteiger partial charge in [0.1, 0.15) is 0 Å². The summed E-state index contributed by atoms with van der Waals surface area (Å²) in [7, 11) is 0. The first-order chi connectivity index (χ1) is 13.5. The van der Waals surface area contributed by atoms with Crippen molar-refractivity contribution in [2.75, 3.05) is 26.3 Å². The molecule has 28 heavy (non-hydrogen) atoms. The molecule has 0 amide bonds. The summed E-state index contributed by atoms with van der Waals surface area (Å²) in [6, 6.07) is 8.53. The van der Waals surface area contributed by atoms with Crippen LogP contribution in [0.1, 0.15) is 23.7 Å². The molecular formula is C20H21F3N4O. The lowest BCUT2D eigenvalue weighted by Gasteiger charge is -2.26. The van der Waals surface area contributed by atoms with E-state index < -0.39 is 11.9 Å². The van der Waals surface area contributed by atoms with E-state index in [4.69, 9.17) is 4.74 Å². The lowest BCUT2D eigenvalue weighted by molar-refractivity contribution is -0.142. The van der Waals surface area contributed by atoms with E-state index in [-0.39, 0.29) is 5.65 Å². The van der Waals surface area contributed by atoms with Crippen LogP contribution in [0.3, 0.4) is 0 Å². The minimum absolute atomic E-state index is 0.246. The van der Waals surface area contributed by atoms with Crippen LogP contribution in [-0.4, -0.2) is 45.8 Å². The maximum absolute atomic E-state index is 13.7. The molecule has 8 heteroatoms. The fourth-order valence-electron chi connectivity index (χ4n) is 3.38. The third-order valence-corrected chi connectivity index (χ3v) is 4.99. The largest absolute Gasteiger partial charge is 0.433 e. The van der Waals surface area contributed by atoms with E-state index >= 15 is 0 Å². The quantitative estimate of drug-likeness (QED) is 0.680. The molecule has 1 fully saturated rings. The topological polar surface area (TPSA) is 42.7 Å². The van der Waals surface area contributed by atoms with Crippen molar-refractivity contribution in [1.29, 1.82) is 0 Å². The molecule has 1 saturated heterocycles. The maximum atomic E-state index is 13.7. The second-order valence-corrected chi connectivity index (χ2v) is 6.87. The van der Waals surface area contributed by atoms with Gasteiger partial charge in [-0.3, -0.25) is 4.90 Å². The molecule has 3 heterocycles. The summed E-state index contributed by atoms with van der Waals surface area (Å²) in [6.07, 6.45) is -2.18. The molecule has 4 rings (SSSR count). The van der Waals surface area contributed by atoms with Crippen molar-refractivity contribution in [3.05, 3.63) is 53.3 Å². The predicted octanol–water partition coefficient (Wildman–Crippen LogP) is 3.81. The summed E-state index contributed by atoms with van der Waals surface area (Å²) in [5.74, 6) is 0. The zero-order valence-electron chi connectivity index (χ0n) is 15.5. The lowest BCUT2D eigenvalue weighted by atomic mass is 10.1. The van der Waals surface area contributed by atoms with Crippen LogP contribution in [0, 0.1) is 0 Å². The molecule has 1 aromatic carbocycles. The maximum Gasteiger partial charge on any atom is 0.433 e. The van der Waals surface area contributed by atoms with Crippen molar-refractivity contribution in [3.63, 3.8) is 0 Å². The first kappa shape index (κ1) is 18.9. The highest BCUT2D eigenvalue weighted by Gasteiger charge is 2.35. The normalized spacial score (nSPS) is 16.0. The van der Waals surface area contributed by atoms with Gasteiger partial charge >= 0.3 is 6.18 Å². The number of rotatable bonds is 4. The van der Waals surface area contributed by atoms with Gasteiger partial charge in [-0.2, -0.15) is 18.3 Å². The minimum Gasteiger partial charge on any atom is -0.379 e. The van der Waals surface area contributed by atoms with Crippen LogP contribution in [0.2, 0.25) is 0 Å². The second-order valence-electron chi connectivity index (χ2n) is 6.87. The van der Waals surface area contributed by atoms with Crippen LogP contribution >= 0.6 is 0 Å². The molecular weight excluding hydrogens is 369 g/mol. The van der Waals surface area contributed by atoms with Crippen molar-refractivity contribution in [2.45, 2.75) is 26.1 Å². The summed E-state index contributed by atoms with van der Waals surface area (Å²) < 4.78 is 47.3. The molecule has 3 aromatic rings. The Morgan fingerprint density at radius 2 is 1.82 bits per heavy atom. The van der Waals surface area contributed by atoms with E-state index in [0.29, 0.717) is 36.6 Å². The Kier molecular flexibility index (Phi) is 5.07. The molecule has 1 aliphatic rings. The average molecular weight is 390 g/mol. The van der Waals surface area contributed by atoms with E-state index in [1.165, 1.54) is 6.20 Å². The van der Waals surface area contributed by atoms with E-state index in [0.717, 1.165) is 35.7 Å². The minimum atomic E-state index is -4.53. The van der Waals surface area contributed by atoms with Crippen molar-refractivity contribution >= 4 is 5.65 Å². The van der Waals surface area contributed by atoms with Gasteiger partial charge in [-0.05, 0) is 18.1 Å². The van der Waals surface area contributed by atoms with Gasteiger partial charge in [0.15, 0.2) is 11.3 Å². The SMILES string of the molecule is CCc1ccc(-c2cc(C(F)(F)F)n3ncc(CN4CCOCC4)c3n2)cc1. The number of ether oxygens (including phenoxy) is 1. The molecule has 2 aromatic heterocycles. The Labute approximate surface area is 160 Å². The number of morpholine rings is 1. The monoisotopic (exact) mass is 390 g/mol. The molecule has 148 valence electrons. The van der Waals surface area contributed by atoms with Crippen molar-refractivity contribution in [3.8, 4) is 11.3 Å². The van der Waals surface area contributed by atoms with Crippen molar-refractivity contribution in [1.82, 2.24) is 19.5 Å². The molecule has 0 radical (unpaired) electrons. The average Bonchev–Trinajstić information content (AvgIpc) is 3.10. The Hall–Kier alpha value is -2.45. The third kappa shape index (κ3) is 3.74. The van der Waals surface area contributed by atoms with E-state index in [9.17, 15) is 13.2 Å². The Morgan fingerprint density at radius 3 is 2.46 bits per heavy atom. The van der Waals surface area contributed by atoms with Crippen LogP contribution < -0.4 is 0 Å². The lowest BCUT2D eigenvalue weighted by Crippen LogP contribution is -2.35. The molecule has 0 bridgehead atoms. The summed E-state index contributed by atoms with van der Waals surface area (Å²) in [4.78, 5) is 6.68. The summed E-state index contributed by atoms with van der Waals surface area (Å²) in [6.45, 7) is 5.24. The number of halogens is 3. The number of alkyl halides is 3. The number of fused-ring (bicyclic) bond motifs is 1. The molecule has 0 atom stereocenters. The first-order valence-electron chi connectivity index (χ1n) is 9.30. The van der Waals surface area contributed by atoms with Gasteiger partial charge in [-0.1, -0.05) is 31.2 Å². The fourth-order valence-corrected chi connectivity index (χ4v) is 3.38. The molecule has 0 N–H and O–H groups in total. The van der Waals surface area contributed by atoms with Gasteiger partial charge in [0.2, 0.25) is 0 Å². The molecule has 0 saturated carbocycles. The first-order valence-corrected chi connectivity index (χ1v) is 9.30. The van der Waals surface area contributed by atoms with Gasteiger partial charge in [-0.15, -0.1) is 0 Å². The van der Waals surface area contributed by atoms with Crippen LogP contribution in [-0.2, 0) is 23.9 Å². The van der Waals surface area contributed by atoms with Crippen molar-refractivity contribution in [2.24, 2.45) is 0 Å². The van der Waals surface area contributed by atoms with Gasteiger partial charge < -0.3 is 4.74 Å². The smallest absolute Gasteiger partial charge is 0.379 e. The van der Waals surface area contributed by atoms with Gasteiger partial charge in [0.05, 0.1) is 25.1 Å². The van der Waals surface area contributed by atoms with E-state index in [2.05, 4.69) is 15.0 Å². The van der Waals surface area contributed by atoms with Crippen LogP contribution in [0.25, 0.3) is 16.9 Å². The number of aromatic nitrogens is 3. The number of aryl methyl sites for hydroxylation is 1. The second kappa shape index (κ2) is 7.52. The number of hydrogen-bond donors (Lipinski definition) is 0. The van der Waals surface area contributed by atoms with E-state index in [1.807, 2.05) is 31.2 Å². The molecule has 0 spiro atoms. The van der Waals surface area contributed by atoms with E-state index in [1.54, 1.807) is 0 Å². The Morgan fingerprint density at radius 1 is 1.11 bits per heavy atom. The zero-order chi connectivity index (χ0) is 19.7. The molecule has 1 aliphatic heterocycles. The third-order valence-electron chi connectivity index (χ3n) is 4.99. The summed E-state index contributed by atoms with van der Waals surface area (Å²) >= 11 is 0. The summed E-state index contributed by atoms with van der Waals surface area (Å²) in [5.41, 5.74) is 2.18. The Bertz CT molecular complexity index is 960. The summed E-state index contributed by atoms with van der Waals surface area (Å²) in [5, 5.41) is 3.99. The van der Waals surface area contributed by atoms with Crippen LogP contribution in [0.5, 0.6) is 0 Å². The predicted molar refractivity (Wildman–Crippen MR) is 98.9 cm³/mol. The number of nitrogens with zero attached hydrogens (tertiary/aromatic N) is 4. The van der Waals surface area contributed by atoms with Crippen LogP contribution in [0.15, 0.2) is 36.5 Å². The highest BCUT2D eigenvalue weighted by Crippen LogP contribution is 2.33. The van der Waals surface area contributed by atoms with Gasteiger partial charge in [-0.25, -0.2) is 9.50 Å². The number of benzene rings is 1. The highest BCUT2D eigenvalue weighted by atomic mass is 19.4. The standard InChI is InChI=1S/C20H21F3N4O/c1-2-14-3-5-15(6-4-14)17-11-18(20(21,22)23)27-19(25-17)16(12-24-27)13-26-7-9-28-10-8-26/h3-6,11-12H,2,7-10,13H2,1H3. The highest BCUT2D eigenvalue weighted by molar-refractivity contribution is 5.64. The van der Waals surface area contributed by atoms with Crippen LogP contribution in [0.4, 0.5) is 13.2 Å². The molecule has 5 nitrogen and oxygen atoms in total. The van der Waals surface area contributed by atoms with Gasteiger partial charge in [0.25, 0.3) is 0 Å². The van der Waals surface area contributed by atoms with Crippen molar-refractivity contribution < 1.29 is 17.9 Å². The Balaban J connectivity index is 1.80. The zero-order valence-corrected chi connectivity index (χ0v) is 15.5. The molecule has 0 unspecified atom stereocenters. The molecule has 0 aliphatic carbocycles. The fraction of sp³-hybridized carbons (Fsp3) is 0.400. The number of hydrogen-bond acceptors (Lipinski definition) is 4.